The molecule has 2 rings (SSSR count). The molecule has 0 bridgehead atoms. The number of aromatic nitrogens is 1. The van der Waals surface area contributed by atoms with E-state index in [1.165, 1.54) is 6.07 Å². The van der Waals surface area contributed by atoms with Gasteiger partial charge in [-0.2, -0.15) is 13.2 Å². The molecule has 1 unspecified atom stereocenters. The van der Waals surface area contributed by atoms with Crippen molar-refractivity contribution in [2.24, 2.45) is 0 Å². The fraction of sp³-hybridized carbons (Fsp3) is 0.389. The highest BCUT2D eigenvalue weighted by Gasteiger charge is 2.39. The molecular weight excluding hydrogens is 401 g/mol. The molecule has 0 saturated heterocycles. The fourth-order valence-corrected chi connectivity index (χ4v) is 3.05. The van der Waals surface area contributed by atoms with E-state index in [2.05, 4.69) is 10.3 Å². The van der Waals surface area contributed by atoms with E-state index in [4.69, 9.17) is 21.1 Å². The van der Waals surface area contributed by atoms with Gasteiger partial charge in [-0.15, -0.1) is 11.6 Å². The molecule has 10 heteroatoms. The topological polar surface area (TPSA) is 77.5 Å². The lowest BCUT2D eigenvalue weighted by atomic mass is 9.80. The number of rotatable bonds is 5. The molecule has 28 heavy (non-hydrogen) atoms. The number of carbonyl (C=O) groups excluding carboxylic acids is 2. The van der Waals surface area contributed by atoms with Gasteiger partial charge in [0.2, 0.25) is 0 Å². The van der Waals surface area contributed by atoms with Gasteiger partial charge in [-0.1, -0.05) is 0 Å². The van der Waals surface area contributed by atoms with Gasteiger partial charge in [0.25, 0.3) is 0 Å². The van der Waals surface area contributed by atoms with Crippen LogP contribution < -0.4 is 5.32 Å². The number of hydrogen-bond donors (Lipinski definition) is 1. The van der Waals surface area contributed by atoms with E-state index in [1.54, 1.807) is 13.8 Å². The number of alkyl halides is 4. The normalized spacial score (nSPS) is 17.3. The van der Waals surface area contributed by atoms with Crippen LogP contribution in [-0.2, 0) is 25.2 Å². The second-order valence-corrected chi connectivity index (χ2v) is 6.30. The maximum absolute atomic E-state index is 13.1. The second kappa shape index (κ2) is 8.64. The van der Waals surface area contributed by atoms with Gasteiger partial charge >= 0.3 is 18.1 Å². The molecule has 0 fully saturated rings. The van der Waals surface area contributed by atoms with Crippen LogP contribution in [0.3, 0.4) is 0 Å². The molecule has 2 heterocycles. The van der Waals surface area contributed by atoms with Gasteiger partial charge in [0.15, 0.2) is 0 Å². The van der Waals surface area contributed by atoms with E-state index in [-0.39, 0.29) is 29.2 Å². The Morgan fingerprint density at radius 2 is 1.82 bits per heavy atom. The number of dihydropyridines is 1. The minimum Gasteiger partial charge on any atom is -0.466 e. The zero-order chi connectivity index (χ0) is 21.1. The molecule has 0 amide bonds. The van der Waals surface area contributed by atoms with Gasteiger partial charge in [0.05, 0.1) is 30.1 Å². The summed E-state index contributed by atoms with van der Waals surface area (Å²) in [6.07, 6.45) is -3.72. The fourth-order valence-electron chi connectivity index (χ4n) is 2.97. The number of hydrogen-bond acceptors (Lipinski definition) is 6. The van der Waals surface area contributed by atoms with Crippen molar-refractivity contribution in [3.63, 3.8) is 0 Å². The van der Waals surface area contributed by atoms with Crippen molar-refractivity contribution in [3.8, 4) is 0 Å². The quantitative estimate of drug-likeness (QED) is 0.584. The molecule has 1 aromatic heterocycles. The number of methoxy groups -OCH3 is 1. The van der Waals surface area contributed by atoms with Crippen LogP contribution in [0.15, 0.2) is 40.9 Å². The van der Waals surface area contributed by atoms with Gasteiger partial charge in [0, 0.05) is 17.6 Å². The van der Waals surface area contributed by atoms with E-state index in [0.29, 0.717) is 11.4 Å². The summed E-state index contributed by atoms with van der Waals surface area (Å²) in [6, 6.07) is 2.11. The first-order valence-electron chi connectivity index (χ1n) is 8.14. The van der Waals surface area contributed by atoms with Gasteiger partial charge in [-0.05, 0) is 31.5 Å². The molecule has 1 aliphatic rings. The van der Waals surface area contributed by atoms with Crippen LogP contribution in [0.4, 0.5) is 13.2 Å². The minimum absolute atomic E-state index is 0.00422. The summed E-state index contributed by atoms with van der Waals surface area (Å²) in [7, 11) is 1.14. The molecule has 1 aromatic rings. The number of esters is 2. The van der Waals surface area contributed by atoms with Crippen molar-refractivity contribution < 1.29 is 32.2 Å². The first-order chi connectivity index (χ1) is 13.1. The molecule has 152 valence electrons. The predicted octanol–water partition coefficient (Wildman–Crippen LogP) is 3.29. The number of halogens is 4. The SMILES string of the molecule is COC(=O)C1=C(C)NC(C)=C(C(=O)OCCCl)C1c1ccnc(C(F)(F)F)c1. The summed E-state index contributed by atoms with van der Waals surface area (Å²) in [5, 5.41) is 2.88. The maximum atomic E-state index is 13.1. The van der Waals surface area contributed by atoms with Gasteiger partial charge < -0.3 is 14.8 Å². The smallest absolute Gasteiger partial charge is 0.433 e. The lowest BCUT2D eigenvalue weighted by Gasteiger charge is -2.30. The Morgan fingerprint density at radius 1 is 1.21 bits per heavy atom. The number of nitrogens with one attached hydrogen (secondary N) is 1. The first kappa shape index (κ1) is 21.7. The zero-order valence-electron chi connectivity index (χ0n) is 15.3. The molecular formula is C18H18ClF3N2O4. The Balaban J connectivity index is 2.67. The average Bonchev–Trinajstić information content (AvgIpc) is 2.64. The van der Waals surface area contributed by atoms with E-state index in [1.807, 2.05) is 0 Å². The molecule has 0 saturated carbocycles. The summed E-state index contributed by atoms with van der Waals surface area (Å²) in [5.41, 5.74) is -0.383. The molecule has 0 aromatic carbocycles. The summed E-state index contributed by atoms with van der Waals surface area (Å²) in [5.74, 6) is -2.66. The van der Waals surface area contributed by atoms with Crippen molar-refractivity contribution in [2.75, 3.05) is 19.6 Å². The lowest BCUT2D eigenvalue weighted by molar-refractivity contribution is -0.141. The number of allylic oxidation sites excluding steroid dienone is 2. The maximum Gasteiger partial charge on any atom is 0.433 e. The lowest BCUT2D eigenvalue weighted by Crippen LogP contribution is -2.32. The third kappa shape index (κ3) is 4.46. The monoisotopic (exact) mass is 418 g/mol. The summed E-state index contributed by atoms with van der Waals surface area (Å²) in [6.45, 7) is 3.04. The molecule has 1 N–H and O–H groups in total. The average molecular weight is 419 g/mol. The zero-order valence-corrected chi connectivity index (χ0v) is 16.1. The number of carbonyl (C=O) groups is 2. The summed E-state index contributed by atoms with van der Waals surface area (Å²) in [4.78, 5) is 28.3. The largest absolute Gasteiger partial charge is 0.466 e. The van der Waals surface area contributed by atoms with E-state index in [0.717, 1.165) is 19.4 Å². The third-order valence-corrected chi connectivity index (χ3v) is 4.26. The molecule has 6 nitrogen and oxygen atoms in total. The highest BCUT2D eigenvalue weighted by atomic mass is 35.5. The molecule has 0 radical (unpaired) electrons. The van der Waals surface area contributed by atoms with Gasteiger partial charge in [-0.25, -0.2) is 9.59 Å². The van der Waals surface area contributed by atoms with Crippen LogP contribution in [0.5, 0.6) is 0 Å². The summed E-state index contributed by atoms with van der Waals surface area (Å²) >= 11 is 5.54. The van der Waals surface area contributed by atoms with Crippen LogP contribution >= 0.6 is 11.6 Å². The van der Waals surface area contributed by atoms with Crippen molar-refractivity contribution in [3.05, 3.63) is 52.1 Å². The van der Waals surface area contributed by atoms with Crippen molar-refractivity contribution in [1.82, 2.24) is 10.3 Å². The van der Waals surface area contributed by atoms with Crippen molar-refractivity contribution in [2.45, 2.75) is 25.9 Å². The highest BCUT2D eigenvalue weighted by Crippen LogP contribution is 2.40. The summed E-state index contributed by atoms with van der Waals surface area (Å²) < 4.78 is 49.3. The Hall–Kier alpha value is -2.55. The van der Waals surface area contributed by atoms with E-state index in [9.17, 15) is 22.8 Å². The molecule has 1 aliphatic heterocycles. The van der Waals surface area contributed by atoms with Crippen molar-refractivity contribution in [1.29, 1.82) is 0 Å². The Bertz CT molecular complexity index is 849. The Labute approximate surface area is 164 Å². The number of pyridine rings is 1. The molecule has 0 spiro atoms. The van der Waals surface area contributed by atoms with E-state index >= 15 is 0 Å². The standard InChI is InChI=1S/C18H18ClF3N2O4/c1-9-13(16(25)27-3)15(11-4-6-23-12(8-11)18(20,21)22)14(10(2)24-9)17(26)28-7-5-19/h4,6,8,15,24H,5,7H2,1-3H3. The van der Waals surface area contributed by atoms with Crippen LogP contribution in [0, 0.1) is 0 Å². The van der Waals surface area contributed by atoms with Crippen LogP contribution in [-0.4, -0.2) is 36.5 Å². The predicted molar refractivity (Wildman–Crippen MR) is 94.2 cm³/mol. The molecule has 0 aliphatic carbocycles. The Morgan fingerprint density at radius 3 is 2.36 bits per heavy atom. The first-order valence-corrected chi connectivity index (χ1v) is 8.68. The number of ether oxygens (including phenoxy) is 2. The highest BCUT2D eigenvalue weighted by molar-refractivity contribution is 6.18. The van der Waals surface area contributed by atoms with Crippen LogP contribution in [0.25, 0.3) is 0 Å². The van der Waals surface area contributed by atoms with Gasteiger partial charge in [0.1, 0.15) is 12.3 Å². The van der Waals surface area contributed by atoms with Crippen LogP contribution in [0.2, 0.25) is 0 Å². The minimum atomic E-state index is -4.69. The number of nitrogens with zero attached hydrogens (tertiary/aromatic N) is 1. The third-order valence-electron chi connectivity index (χ3n) is 4.10. The second-order valence-electron chi connectivity index (χ2n) is 5.92. The Kier molecular flexibility index (Phi) is 6.71. The van der Waals surface area contributed by atoms with Gasteiger partial charge in [-0.3, -0.25) is 4.98 Å². The van der Waals surface area contributed by atoms with Crippen molar-refractivity contribution >= 4 is 23.5 Å². The molecule has 1 atom stereocenters. The van der Waals surface area contributed by atoms with E-state index < -0.39 is 29.7 Å². The van der Waals surface area contributed by atoms with Crippen LogP contribution in [0.1, 0.15) is 31.0 Å².